The molecule has 11 heteroatoms. The molecule has 1 atom stereocenters. The summed E-state index contributed by atoms with van der Waals surface area (Å²) in [7, 11) is -3.82. The Bertz CT molecular complexity index is 1150. The van der Waals surface area contributed by atoms with Crippen LogP contribution in [0.1, 0.15) is 12.5 Å². The van der Waals surface area contributed by atoms with Crippen molar-refractivity contribution in [2.24, 2.45) is 5.14 Å². The van der Waals surface area contributed by atoms with E-state index in [1.165, 1.54) is 29.2 Å². The molecule has 0 saturated carbocycles. The zero-order chi connectivity index (χ0) is 22.1. The summed E-state index contributed by atoms with van der Waals surface area (Å²) in [6.07, 6.45) is 1.72. The van der Waals surface area contributed by atoms with Gasteiger partial charge in [-0.3, -0.25) is 14.5 Å². The fourth-order valence-corrected chi connectivity index (χ4v) is 4.81. The van der Waals surface area contributed by atoms with Crippen LogP contribution in [-0.2, 0) is 19.6 Å². The van der Waals surface area contributed by atoms with Gasteiger partial charge in [0, 0.05) is 10.2 Å². The van der Waals surface area contributed by atoms with E-state index in [2.05, 4.69) is 21.2 Å². The minimum atomic E-state index is -3.82. The molecule has 0 aromatic heterocycles. The monoisotopic (exact) mass is 525 g/mol. The third kappa shape index (κ3) is 5.16. The molecule has 7 nitrogen and oxygen atoms in total. The Balaban J connectivity index is 1.73. The molecule has 0 aliphatic carbocycles. The minimum absolute atomic E-state index is 0.0661. The van der Waals surface area contributed by atoms with Crippen molar-refractivity contribution >= 4 is 77.8 Å². The van der Waals surface area contributed by atoms with Crippen molar-refractivity contribution in [3.63, 3.8) is 0 Å². The number of hydrogen-bond acceptors (Lipinski definition) is 6. The molecule has 156 valence electrons. The van der Waals surface area contributed by atoms with E-state index in [9.17, 15) is 18.0 Å². The number of nitrogens with one attached hydrogen (secondary N) is 1. The second-order valence-electron chi connectivity index (χ2n) is 6.34. The highest BCUT2D eigenvalue weighted by Gasteiger charge is 2.38. The Hall–Kier alpha value is -2.05. The number of nitrogens with zero attached hydrogens (tertiary/aromatic N) is 1. The van der Waals surface area contributed by atoms with Gasteiger partial charge in [-0.1, -0.05) is 52.0 Å². The smallest absolute Gasteiger partial charge is 0.266 e. The Morgan fingerprint density at radius 2 is 1.80 bits per heavy atom. The molecule has 2 aromatic rings. The molecule has 1 aliphatic heterocycles. The van der Waals surface area contributed by atoms with Crippen LogP contribution in [0.15, 0.2) is 62.8 Å². The van der Waals surface area contributed by atoms with Crippen molar-refractivity contribution in [3.05, 3.63) is 63.5 Å². The number of carbonyl (C=O) groups is 2. The van der Waals surface area contributed by atoms with Crippen LogP contribution in [0, 0.1) is 0 Å². The normalized spacial score (nSPS) is 16.8. The van der Waals surface area contributed by atoms with Gasteiger partial charge in [0.15, 0.2) is 0 Å². The van der Waals surface area contributed by atoms with E-state index >= 15 is 0 Å². The van der Waals surface area contributed by atoms with Gasteiger partial charge in [-0.25, -0.2) is 13.6 Å². The van der Waals surface area contributed by atoms with Gasteiger partial charge >= 0.3 is 0 Å². The Morgan fingerprint density at radius 3 is 2.37 bits per heavy atom. The summed E-state index contributed by atoms with van der Waals surface area (Å²) in [4.78, 5) is 27.1. The molecule has 0 spiro atoms. The average Bonchev–Trinajstić information content (AvgIpc) is 2.96. The molecule has 0 radical (unpaired) electrons. The van der Waals surface area contributed by atoms with Gasteiger partial charge in [-0.15, -0.1) is 0 Å². The van der Waals surface area contributed by atoms with Crippen molar-refractivity contribution < 1.29 is 18.0 Å². The zero-order valence-electron chi connectivity index (χ0n) is 15.5. The summed E-state index contributed by atoms with van der Waals surface area (Å²) in [5.41, 5.74) is 1.21. The van der Waals surface area contributed by atoms with E-state index in [0.29, 0.717) is 10.6 Å². The summed E-state index contributed by atoms with van der Waals surface area (Å²) in [6, 6.07) is 12.0. The number of hydrogen-bond donors (Lipinski definition) is 2. The Labute approximate surface area is 191 Å². The maximum absolute atomic E-state index is 12.8. The molecule has 3 rings (SSSR count). The molecule has 2 amide bonds. The lowest BCUT2D eigenvalue weighted by Gasteiger charge is -2.22. The van der Waals surface area contributed by atoms with Gasteiger partial charge in [0.05, 0.1) is 9.80 Å². The summed E-state index contributed by atoms with van der Waals surface area (Å²) >= 11 is 9.81. The molecule has 0 bridgehead atoms. The Morgan fingerprint density at radius 1 is 1.20 bits per heavy atom. The average molecular weight is 526 g/mol. The fourth-order valence-electron chi connectivity index (χ4n) is 2.62. The third-order valence-electron chi connectivity index (χ3n) is 4.21. The quantitative estimate of drug-likeness (QED) is 0.457. The number of nitrogens with two attached hydrogens (primary N) is 1. The fraction of sp³-hybridized carbons (Fsp3) is 0.105. The van der Waals surface area contributed by atoms with E-state index in [4.69, 9.17) is 17.4 Å². The predicted octanol–water partition coefficient (Wildman–Crippen LogP) is 3.32. The number of amides is 2. The van der Waals surface area contributed by atoms with Gasteiger partial charge in [0.2, 0.25) is 15.9 Å². The first kappa shape index (κ1) is 22.6. The molecule has 1 aliphatic rings. The van der Waals surface area contributed by atoms with Crippen molar-refractivity contribution in [2.75, 3.05) is 5.32 Å². The van der Waals surface area contributed by atoms with Crippen LogP contribution in [0.2, 0.25) is 0 Å². The van der Waals surface area contributed by atoms with Gasteiger partial charge < -0.3 is 5.32 Å². The number of sulfonamides is 1. The van der Waals surface area contributed by atoms with Crippen LogP contribution < -0.4 is 10.5 Å². The van der Waals surface area contributed by atoms with Crippen LogP contribution in [0.3, 0.4) is 0 Å². The SMILES string of the molecule is CC(C(=O)Nc1ccc(S(N)(=O)=O)cc1)N1C(=O)/C(=C/c2ccc(Br)cc2)SC1=S. The third-order valence-corrected chi connectivity index (χ3v) is 7.00. The minimum Gasteiger partial charge on any atom is -0.324 e. The topological polar surface area (TPSA) is 110 Å². The molecule has 1 unspecified atom stereocenters. The zero-order valence-corrected chi connectivity index (χ0v) is 19.6. The predicted molar refractivity (Wildman–Crippen MR) is 125 cm³/mol. The summed E-state index contributed by atoms with van der Waals surface area (Å²) in [6.45, 7) is 1.57. The first-order valence-electron chi connectivity index (χ1n) is 8.52. The van der Waals surface area contributed by atoms with Crippen LogP contribution in [0.5, 0.6) is 0 Å². The maximum Gasteiger partial charge on any atom is 0.266 e. The standard InChI is InChI=1S/C19H16BrN3O4S3/c1-11(17(24)22-14-6-8-15(9-7-14)30(21,26)27)23-18(25)16(29-19(23)28)10-12-2-4-13(20)5-3-12/h2-11H,1H3,(H,22,24)(H2,21,26,27)/b16-10-. The molecule has 1 saturated heterocycles. The van der Waals surface area contributed by atoms with Gasteiger partial charge in [0.25, 0.3) is 5.91 Å². The molecule has 1 heterocycles. The number of halogens is 1. The van der Waals surface area contributed by atoms with Crippen molar-refractivity contribution in [1.29, 1.82) is 0 Å². The number of benzene rings is 2. The van der Waals surface area contributed by atoms with E-state index in [1.54, 1.807) is 13.0 Å². The van der Waals surface area contributed by atoms with E-state index in [1.807, 2.05) is 24.3 Å². The van der Waals surface area contributed by atoms with Crippen molar-refractivity contribution in [2.45, 2.75) is 17.9 Å². The van der Waals surface area contributed by atoms with Crippen LogP contribution in [0.25, 0.3) is 6.08 Å². The summed E-state index contributed by atoms with van der Waals surface area (Å²) in [5.74, 6) is -0.806. The summed E-state index contributed by atoms with van der Waals surface area (Å²) in [5, 5.41) is 7.71. The molecule has 30 heavy (non-hydrogen) atoms. The molecule has 3 N–H and O–H groups in total. The van der Waals surface area contributed by atoms with Crippen molar-refractivity contribution in [3.8, 4) is 0 Å². The van der Waals surface area contributed by atoms with E-state index in [0.717, 1.165) is 21.8 Å². The van der Waals surface area contributed by atoms with Crippen molar-refractivity contribution in [1.82, 2.24) is 4.90 Å². The van der Waals surface area contributed by atoms with Crippen LogP contribution >= 0.6 is 39.9 Å². The largest absolute Gasteiger partial charge is 0.324 e. The molecule has 2 aromatic carbocycles. The number of rotatable bonds is 5. The second-order valence-corrected chi connectivity index (χ2v) is 10.5. The highest BCUT2D eigenvalue weighted by atomic mass is 79.9. The highest BCUT2D eigenvalue weighted by Crippen LogP contribution is 2.34. The van der Waals surface area contributed by atoms with E-state index < -0.39 is 22.0 Å². The number of thiocarbonyl (C=S) groups is 1. The lowest BCUT2D eigenvalue weighted by molar-refractivity contribution is -0.129. The maximum atomic E-state index is 12.8. The lowest BCUT2D eigenvalue weighted by Crippen LogP contribution is -2.44. The Kier molecular flexibility index (Phi) is 6.78. The first-order chi connectivity index (χ1) is 14.1. The van der Waals surface area contributed by atoms with Gasteiger partial charge in [-0.05, 0) is 55.0 Å². The molecular formula is C19H16BrN3O4S3. The molecular weight excluding hydrogens is 510 g/mol. The number of thioether (sulfide) groups is 1. The number of anilines is 1. The number of primary sulfonamides is 1. The summed E-state index contributed by atoms with van der Waals surface area (Å²) < 4.78 is 23.9. The van der Waals surface area contributed by atoms with E-state index in [-0.39, 0.29) is 15.1 Å². The molecule has 1 fully saturated rings. The highest BCUT2D eigenvalue weighted by molar-refractivity contribution is 9.10. The number of carbonyl (C=O) groups excluding carboxylic acids is 2. The first-order valence-corrected chi connectivity index (χ1v) is 12.1. The second kappa shape index (κ2) is 8.98. The lowest BCUT2D eigenvalue weighted by atomic mass is 10.2. The van der Waals surface area contributed by atoms with Gasteiger partial charge in [0.1, 0.15) is 10.4 Å². The van der Waals surface area contributed by atoms with Crippen LogP contribution in [-0.4, -0.2) is 35.5 Å². The van der Waals surface area contributed by atoms with Gasteiger partial charge in [-0.2, -0.15) is 0 Å². The van der Waals surface area contributed by atoms with Crippen LogP contribution in [0.4, 0.5) is 5.69 Å².